The molecule has 1 aromatic carbocycles. The summed E-state index contributed by atoms with van der Waals surface area (Å²) < 4.78 is 0. The van der Waals surface area contributed by atoms with Gasteiger partial charge in [0.2, 0.25) is 0 Å². The Balaban J connectivity index is 2.73. The van der Waals surface area contributed by atoms with Crippen LogP contribution in [0.15, 0.2) is 24.3 Å². The first kappa shape index (κ1) is 11.4. The van der Waals surface area contributed by atoms with Crippen LogP contribution in [0.3, 0.4) is 0 Å². The van der Waals surface area contributed by atoms with E-state index in [0.29, 0.717) is 10.7 Å². The average molecular weight is 236 g/mol. The molecule has 84 valence electrons. The Morgan fingerprint density at radius 2 is 2.19 bits per heavy atom. The zero-order valence-corrected chi connectivity index (χ0v) is 10.1. The Labute approximate surface area is 99.9 Å². The van der Waals surface area contributed by atoms with Crippen molar-refractivity contribution < 1.29 is 5.11 Å². The summed E-state index contributed by atoms with van der Waals surface area (Å²) in [6, 6.07) is 7.95. The van der Waals surface area contributed by atoms with Gasteiger partial charge in [-0.1, -0.05) is 36.7 Å². The third kappa shape index (κ3) is 1.91. The molecule has 3 heteroatoms. The number of aryl methyl sites for hydroxylation is 1. The number of aliphatic hydroxyl groups excluding tert-OH is 1. The number of benzene rings is 1. The molecule has 1 atom stereocenters. The number of aromatic nitrogens is 1. The maximum absolute atomic E-state index is 9.57. The number of para-hydroxylation sites is 1. The molecule has 16 heavy (non-hydrogen) atoms. The summed E-state index contributed by atoms with van der Waals surface area (Å²) in [5.74, 6) is 0. The molecule has 2 nitrogen and oxygen atoms in total. The van der Waals surface area contributed by atoms with Crippen molar-refractivity contribution in [2.45, 2.75) is 26.4 Å². The molecule has 0 unspecified atom stereocenters. The number of hydrogen-bond acceptors (Lipinski definition) is 2. The third-order valence-corrected chi connectivity index (χ3v) is 3.04. The smallest absolute Gasteiger partial charge is 0.135 e. The van der Waals surface area contributed by atoms with Crippen LogP contribution in [0.4, 0.5) is 0 Å². The second-order valence-corrected chi connectivity index (χ2v) is 4.24. The van der Waals surface area contributed by atoms with Gasteiger partial charge in [0.1, 0.15) is 5.15 Å². The second-order valence-electron chi connectivity index (χ2n) is 3.89. The van der Waals surface area contributed by atoms with Crippen molar-refractivity contribution in [3.63, 3.8) is 0 Å². The Bertz CT molecular complexity index is 523. The molecule has 0 spiro atoms. The van der Waals surface area contributed by atoms with E-state index in [2.05, 4.69) is 11.9 Å². The summed E-state index contributed by atoms with van der Waals surface area (Å²) in [4.78, 5) is 4.37. The fourth-order valence-corrected chi connectivity index (χ4v) is 2.13. The minimum atomic E-state index is -0.588. The topological polar surface area (TPSA) is 33.1 Å². The SMILES string of the molecule is CCc1cccc2cc([C@H](C)O)c(Cl)nc12. The number of pyridine rings is 1. The fourth-order valence-electron chi connectivity index (χ4n) is 1.83. The molecule has 0 bridgehead atoms. The molecule has 0 fully saturated rings. The van der Waals surface area contributed by atoms with Crippen LogP contribution in [0.1, 0.15) is 31.1 Å². The van der Waals surface area contributed by atoms with Crippen LogP contribution in [0, 0.1) is 0 Å². The molecule has 0 aliphatic heterocycles. The van der Waals surface area contributed by atoms with Gasteiger partial charge in [0.15, 0.2) is 0 Å². The Kier molecular flexibility index (Phi) is 3.13. The molecule has 1 aromatic heterocycles. The summed E-state index contributed by atoms with van der Waals surface area (Å²) >= 11 is 6.06. The van der Waals surface area contributed by atoms with E-state index < -0.39 is 6.10 Å². The molecule has 0 aliphatic carbocycles. The van der Waals surface area contributed by atoms with Gasteiger partial charge in [-0.2, -0.15) is 0 Å². The van der Waals surface area contributed by atoms with Crippen LogP contribution in [-0.2, 0) is 6.42 Å². The van der Waals surface area contributed by atoms with Gasteiger partial charge < -0.3 is 5.11 Å². The number of fused-ring (bicyclic) bond motifs is 1. The Hall–Kier alpha value is -1.12. The van der Waals surface area contributed by atoms with Crippen LogP contribution < -0.4 is 0 Å². The standard InChI is InChI=1S/C13H14ClNO/c1-3-9-5-4-6-10-7-11(8(2)16)13(14)15-12(9)10/h4-8,16H,3H2,1-2H3/t8-/m0/s1. The van der Waals surface area contributed by atoms with Gasteiger partial charge in [0, 0.05) is 10.9 Å². The Morgan fingerprint density at radius 3 is 2.81 bits per heavy atom. The van der Waals surface area contributed by atoms with Crippen LogP contribution in [0.2, 0.25) is 5.15 Å². The summed E-state index contributed by atoms with van der Waals surface area (Å²) in [7, 11) is 0. The number of halogens is 1. The first-order valence-electron chi connectivity index (χ1n) is 5.39. The predicted octanol–water partition coefficient (Wildman–Crippen LogP) is 3.50. The van der Waals surface area contributed by atoms with Crippen LogP contribution in [-0.4, -0.2) is 10.1 Å². The van der Waals surface area contributed by atoms with Gasteiger partial charge in [-0.25, -0.2) is 4.98 Å². The van der Waals surface area contributed by atoms with E-state index in [4.69, 9.17) is 11.6 Å². The highest BCUT2D eigenvalue weighted by molar-refractivity contribution is 6.30. The molecular formula is C13H14ClNO. The zero-order valence-electron chi connectivity index (χ0n) is 9.37. The van der Waals surface area contributed by atoms with Crippen molar-refractivity contribution in [1.29, 1.82) is 0 Å². The molecule has 1 N–H and O–H groups in total. The minimum absolute atomic E-state index is 0.392. The lowest BCUT2D eigenvalue weighted by Gasteiger charge is -2.10. The van der Waals surface area contributed by atoms with Gasteiger partial charge in [-0.05, 0) is 25.0 Å². The number of aliphatic hydroxyl groups is 1. The molecule has 2 aromatic rings. The lowest BCUT2D eigenvalue weighted by atomic mass is 10.0. The highest BCUT2D eigenvalue weighted by Gasteiger charge is 2.10. The molecule has 1 heterocycles. The van der Waals surface area contributed by atoms with Crippen molar-refractivity contribution >= 4 is 22.5 Å². The molecule has 0 amide bonds. The summed E-state index contributed by atoms with van der Waals surface area (Å²) in [6.07, 6.45) is 0.337. The average Bonchev–Trinajstić information content (AvgIpc) is 2.27. The van der Waals surface area contributed by atoms with Crippen molar-refractivity contribution in [2.75, 3.05) is 0 Å². The van der Waals surface area contributed by atoms with Gasteiger partial charge in [-0.3, -0.25) is 0 Å². The number of nitrogens with zero attached hydrogens (tertiary/aromatic N) is 1. The summed E-state index contributed by atoms with van der Waals surface area (Å²) in [6.45, 7) is 3.78. The van der Waals surface area contributed by atoms with Gasteiger partial charge in [0.05, 0.1) is 11.6 Å². The van der Waals surface area contributed by atoms with E-state index in [0.717, 1.165) is 17.3 Å². The van der Waals surface area contributed by atoms with Crippen molar-refractivity contribution in [3.8, 4) is 0 Å². The lowest BCUT2D eigenvalue weighted by Crippen LogP contribution is -1.96. The van der Waals surface area contributed by atoms with Crippen LogP contribution in [0.25, 0.3) is 10.9 Å². The van der Waals surface area contributed by atoms with Gasteiger partial charge >= 0.3 is 0 Å². The van der Waals surface area contributed by atoms with E-state index >= 15 is 0 Å². The quantitative estimate of drug-likeness (QED) is 0.809. The summed E-state index contributed by atoms with van der Waals surface area (Å²) in [5.41, 5.74) is 2.79. The van der Waals surface area contributed by atoms with E-state index in [-0.39, 0.29) is 0 Å². The second kappa shape index (κ2) is 4.40. The number of hydrogen-bond donors (Lipinski definition) is 1. The lowest BCUT2D eigenvalue weighted by molar-refractivity contribution is 0.199. The molecule has 0 radical (unpaired) electrons. The summed E-state index contributed by atoms with van der Waals surface area (Å²) in [5, 5.41) is 11.0. The molecule has 0 aliphatic rings. The third-order valence-electron chi connectivity index (χ3n) is 2.74. The molecule has 0 saturated heterocycles. The highest BCUT2D eigenvalue weighted by atomic mass is 35.5. The van der Waals surface area contributed by atoms with Crippen molar-refractivity contribution in [1.82, 2.24) is 4.98 Å². The highest BCUT2D eigenvalue weighted by Crippen LogP contribution is 2.27. The van der Waals surface area contributed by atoms with Crippen LogP contribution >= 0.6 is 11.6 Å². The van der Waals surface area contributed by atoms with E-state index in [1.54, 1.807) is 6.92 Å². The zero-order chi connectivity index (χ0) is 11.7. The molecule has 2 rings (SSSR count). The van der Waals surface area contributed by atoms with Crippen molar-refractivity contribution in [3.05, 3.63) is 40.5 Å². The van der Waals surface area contributed by atoms with Crippen molar-refractivity contribution in [2.24, 2.45) is 0 Å². The maximum Gasteiger partial charge on any atom is 0.135 e. The Morgan fingerprint density at radius 1 is 1.44 bits per heavy atom. The number of rotatable bonds is 2. The first-order chi connectivity index (χ1) is 7.63. The van der Waals surface area contributed by atoms with E-state index in [9.17, 15) is 5.11 Å². The molecular weight excluding hydrogens is 222 g/mol. The monoisotopic (exact) mass is 235 g/mol. The maximum atomic E-state index is 9.57. The molecule has 0 saturated carbocycles. The van der Waals surface area contributed by atoms with E-state index in [1.807, 2.05) is 24.3 Å². The minimum Gasteiger partial charge on any atom is -0.389 e. The predicted molar refractivity (Wildman–Crippen MR) is 66.8 cm³/mol. The van der Waals surface area contributed by atoms with Gasteiger partial charge in [-0.15, -0.1) is 0 Å². The van der Waals surface area contributed by atoms with Crippen LogP contribution in [0.5, 0.6) is 0 Å². The fraction of sp³-hybridized carbons (Fsp3) is 0.308. The van der Waals surface area contributed by atoms with Gasteiger partial charge in [0.25, 0.3) is 0 Å². The first-order valence-corrected chi connectivity index (χ1v) is 5.77. The van der Waals surface area contributed by atoms with E-state index in [1.165, 1.54) is 5.56 Å². The normalized spacial score (nSPS) is 13.0. The largest absolute Gasteiger partial charge is 0.389 e.